The van der Waals surface area contributed by atoms with Crippen LogP contribution in [0, 0.1) is 32.4 Å². The topological polar surface area (TPSA) is 83.1 Å². The summed E-state index contributed by atoms with van der Waals surface area (Å²) in [6.07, 6.45) is -0.891. The summed E-state index contributed by atoms with van der Waals surface area (Å²) in [5.41, 5.74) is 4.78. The molecule has 254 valence electrons. The number of nitrogens with zero attached hydrogens (tertiary/aromatic N) is 5. The van der Waals surface area contributed by atoms with Gasteiger partial charge in [0.05, 0.1) is 11.4 Å². The Kier molecular flexibility index (Phi) is 11.1. The molecular weight excluding hydrogens is 638 g/mol. The first-order valence-electron chi connectivity index (χ1n) is 15.9. The van der Waals surface area contributed by atoms with Gasteiger partial charge >= 0.3 is 6.09 Å². The Balaban J connectivity index is 1.34. The summed E-state index contributed by atoms with van der Waals surface area (Å²) in [6, 6.07) is 14.4. The van der Waals surface area contributed by atoms with Crippen molar-refractivity contribution >= 4 is 35.0 Å². The van der Waals surface area contributed by atoms with Crippen LogP contribution in [0.3, 0.4) is 0 Å². The fourth-order valence-corrected chi connectivity index (χ4v) is 5.68. The highest BCUT2D eigenvalue weighted by Crippen LogP contribution is 2.31. The van der Waals surface area contributed by atoms with Gasteiger partial charge in [-0.25, -0.2) is 18.6 Å². The Morgan fingerprint density at radius 3 is 2.42 bits per heavy atom. The quantitative estimate of drug-likeness (QED) is 0.182. The van der Waals surface area contributed by atoms with E-state index in [1.165, 1.54) is 37.4 Å². The molecule has 0 saturated carbocycles. The molecule has 1 aromatic heterocycles. The Bertz CT molecular complexity index is 1780. The minimum Gasteiger partial charge on any atom is -0.489 e. The number of hydrogen-bond acceptors (Lipinski definition) is 8. The highest BCUT2D eigenvalue weighted by molar-refractivity contribution is 6.30. The van der Waals surface area contributed by atoms with Crippen LogP contribution < -0.4 is 19.7 Å². The molecule has 1 fully saturated rings. The third-order valence-electron chi connectivity index (χ3n) is 8.76. The van der Waals surface area contributed by atoms with Gasteiger partial charge in [0, 0.05) is 74.2 Å². The van der Waals surface area contributed by atoms with Gasteiger partial charge in [0.1, 0.15) is 12.4 Å². The van der Waals surface area contributed by atoms with E-state index in [2.05, 4.69) is 38.9 Å². The normalized spacial score (nSPS) is 13.9. The van der Waals surface area contributed by atoms with Gasteiger partial charge in [0.2, 0.25) is 11.8 Å². The number of hydrogen-bond donors (Lipinski definition) is 1. The zero-order chi connectivity index (χ0) is 34.5. The van der Waals surface area contributed by atoms with Crippen molar-refractivity contribution in [2.45, 2.75) is 40.7 Å². The summed E-state index contributed by atoms with van der Waals surface area (Å²) in [7, 11) is 1.37. The van der Waals surface area contributed by atoms with Crippen LogP contribution >= 0.6 is 11.6 Å². The van der Waals surface area contributed by atoms with E-state index in [4.69, 9.17) is 21.1 Å². The van der Waals surface area contributed by atoms with Crippen molar-refractivity contribution in [3.8, 4) is 22.9 Å². The number of rotatable bonds is 10. The van der Waals surface area contributed by atoms with Gasteiger partial charge in [0.25, 0.3) is 0 Å². The van der Waals surface area contributed by atoms with Gasteiger partial charge in [-0.3, -0.25) is 14.7 Å². The average Bonchev–Trinajstić information content (AvgIpc) is 3.05. The average molecular weight is 679 g/mol. The molecule has 48 heavy (non-hydrogen) atoms. The number of aryl methyl sites for hydroxylation is 1. The number of piperazine rings is 1. The molecule has 0 radical (unpaired) electrons. The summed E-state index contributed by atoms with van der Waals surface area (Å²) in [6.45, 7) is 15.4. The van der Waals surface area contributed by atoms with E-state index in [-0.39, 0.29) is 28.3 Å². The van der Waals surface area contributed by atoms with Crippen molar-refractivity contribution in [1.82, 2.24) is 19.8 Å². The Hall–Kier alpha value is -4.32. The van der Waals surface area contributed by atoms with Crippen LogP contribution in [0.15, 0.2) is 54.6 Å². The highest BCUT2D eigenvalue weighted by atomic mass is 35.5. The van der Waals surface area contributed by atoms with Gasteiger partial charge in [-0.05, 0) is 81.6 Å². The minimum absolute atomic E-state index is 0.0587. The number of halogens is 3. The first kappa shape index (κ1) is 35.0. The van der Waals surface area contributed by atoms with Crippen LogP contribution in [0.25, 0.3) is 11.3 Å². The summed E-state index contributed by atoms with van der Waals surface area (Å²) in [5, 5.41) is 3.29. The molecule has 1 aliphatic heterocycles. The maximum absolute atomic E-state index is 15.2. The molecular formula is C36H41ClF2N6O3. The lowest BCUT2D eigenvalue weighted by atomic mass is 9.97. The molecule has 9 nitrogen and oxygen atoms in total. The molecule has 4 aromatic rings. The predicted octanol–water partition coefficient (Wildman–Crippen LogP) is 7.78. The van der Waals surface area contributed by atoms with Crippen LogP contribution in [0.1, 0.15) is 30.5 Å². The molecule has 1 N–H and O–H groups in total. The SMILES string of the molecule is Cc1ccc(-c2cc(OC(=O)N(C)c3cc(Cl)ccc3F)nc(Nc3ccc(OCCN4CCN(C(C)C)CC4)c(F)c3)n2)c(C)c1C. The van der Waals surface area contributed by atoms with E-state index in [1.807, 2.05) is 32.9 Å². The van der Waals surface area contributed by atoms with E-state index in [0.717, 1.165) is 53.3 Å². The van der Waals surface area contributed by atoms with Crippen molar-refractivity contribution < 1.29 is 23.0 Å². The third-order valence-corrected chi connectivity index (χ3v) is 9.00. The van der Waals surface area contributed by atoms with Gasteiger partial charge in [-0.15, -0.1) is 0 Å². The lowest BCUT2D eigenvalue weighted by molar-refractivity contribution is 0.0965. The smallest absolute Gasteiger partial charge is 0.420 e. The molecule has 1 aliphatic rings. The lowest BCUT2D eigenvalue weighted by Crippen LogP contribution is -2.49. The van der Waals surface area contributed by atoms with E-state index in [0.29, 0.717) is 30.6 Å². The number of anilines is 3. The molecule has 0 spiro atoms. The zero-order valence-electron chi connectivity index (χ0n) is 28.1. The maximum atomic E-state index is 15.2. The third kappa shape index (κ3) is 8.39. The van der Waals surface area contributed by atoms with Crippen LogP contribution in [-0.4, -0.2) is 78.3 Å². The first-order valence-corrected chi connectivity index (χ1v) is 16.3. The van der Waals surface area contributed by atoms with E-state index >= 15 is 4.39 Å². The second-order valence-corrected chi connectivity index (χ2v) is 12.6. The molecule has 0 atom stereocenters. The summed E-state index contributed by atoms with van der Waals surface area (Å²) in [5.74, 6) is -1.06. The standard InChI is InChI=1S/C36H41ClF2N6O3/c1-22(2)45-15-13-44(14-16-45)17-18-47-33-12-9-27(20-30(33)39)40-35-41-31(28-10-7-23(3)24(4)25(28)5)21-34(42-35)48-36(46)43(6)32-19-26(37)8-11-29(32)38/h7-12,19-22H,13-18H2,1-6H3,(H,40,41,42). The van der Waals surface area contributed by atoms with E-state index < -0.39 is 17.7 Å². The lowest BCUT2D eigenvalue weighted by Gasteiger charge is -2.36. The fraction of sp³-hybridized carbons (Fsp3) is 0.361. The summed E-state index contributed by atoms with van der Waals surface area (Å²) < 4.78 is 41.0. The van der Waals surface area contributed by atoms with Crippen molar-refractivity contribution in [1.29, 1.82) is 0 Å². The van der Waals surface area contributed by atoms with Crippen molar-refractivity contribution in [3.05, 3.63) is 87.9 Å². The van der Waals surface area contributed by atoms with Crippen LogP contribution in [-0.2, 0) is 0 Å². The molecule has 1 amide bonds. The van der Waals surface area contributed by atoms with Gasteiger partial charge in [-0.2, -0.15) is 4.98 Å². The van der Waals surface area contributed by atoms with E-state index in [1.54, 1.807) is 12.1 Å². The fourth-order valence-electron chi connectivity index (χ4n) is 5.52. The molecule has 5 rings (SSSR count). The van der Waals surface area contributed by atoms with Crippen molar-refractivity contribution in [2.75, 3.05) is 56.6 Å². The zero-order valence-corrected chi connectivity index (χ0v) is 28.9. The minimum atomic E-state index is -0.891. The number of aromatic nitrogens is 2. The number of nitrogens with one attached hydrogen (secondary N) is 1. The summed E-state index contributed by atoms with van der Waals surface area (Å²) >= 11 is 6.03. The Morgan fingerprint density at radius 1 is 0.958 bits per heavy atom. The van der Waals surface area contributed by atoms with Crippen LogP contribution in [0.4, 0.5) is 30.9 Å². The monoisotopic (exact) mass is 678 g/mol. The van der Waals surface area contributed by atoms with Gasteiger partial charge in [-0.1, -0.05) is 23.7 Å². The molecule has 1 saturated heterocycles. The summed E-state index contributed by atoms with van der Waals surface area (Å²) in [4.78, 5) is 27.9. The van der Waals surface area contributed by atoms with Crippen LogP contribution in [0.5, 0.6) is 11.6 Å². The molecule has 2 heterocycles. The van der Waals surface area contributed by atoms with Gasteiger partial charge in [0.15, 0.2) is 11.6 Å². The highest BCUT2D eigenvalue weighted by Gasteiger charge is 2.21. The Morgan fingerprint density at radius 2 is 1.71 bits per heavy atom. The van der Waals surface area contributed by atoms with Crippen molar-refractivity contribution in [2.24, 2.45) is 0 Å². The largest absolute Gasteiger partial charge is 0.489 e. The number of carbonyl (C=O) groups excluding carboxylic acids is 1. The van der Waals surface area contributed by atoms with Gasteiger partial charge < -0.3 is 14.8 Å². The molecule has 0 bridgehead atoms. The number of carbonyl (C=O) groups is 1. The second kappa shape index (κ2) is 15.3. The second-order valence-electron chi connectivity index (χ2n) is 12.2. The molecule has 0 unspecified atom stereocenters. The molecule has 3 aromatic carbocycles. The first-order chi connectivity index (χ1) is 22.9. The van der Waals surface area contributed by atoms with Crippen LogP contribution in [0.2, 0.25) is 5.02 Å². The number of benzene rings is 3. The molecule has 12 heteroatoms. The van der Waals surface area contributed by atoms with Crippen molar-refractivity contribution in [3.63, 3.8) is 0 Å². The maximum Gasteiger partial charge on any atom is 0.420 e. The number of ether oxygens (including phenoxy) is 2. The Labute approximate surface area is 285 Å². The molecule has 0 aliphatic carbocycles. The van der Waals surface area contributed by atoms with E-state index in [9.17, 15) is 9.18 Å². The number of amides is 1. The predicted molar refractivity (Wildman–Crippen MR) is 186 cm³/mol.